The lowest BCUT2D eigenvalue weighted by molar-refractivity contribution is 0.949. The van der Waals surface area contributed by atoms with Gasteiger partial charge in [-0.1, -0.05) is 0 Å². The van der Waals surface area contributed by atoms with Gasteiger partial charge in [0.1, 0.15) is 0 Å². The van der Waals surface area contributed by atoms with E-state index in [1.165, 1.54) is 42.3 Å². The second-order valence-electron chi connectivity index (χ2n) is 4.84. The van der Waals surface area contributed by atoms with E-state index in [2.05, 4.69) is 39.5 Å². The van der Waals surface area contributed by atoms with Crippen LogP contribution in [0.3, 0.4) is 0 Å². The molecule has 1 aliphatic heterocycles. The van der Waals surface area contributed by atoms with E-state index in [-0.39, 0.29) is 0 Å². The van der Waals surface area contributed by atoms with Crippen LogP contribution in [0.15, 0.2) is 35.8 Å². The van der Waals surface area contributed by atoms with Crippen molar-refractivity contribution in [1.82, 2.24) is 4.98 Å². The van der Waals surface area contributed by atoms with E-state index < -0.39 is 0 Å². The van der Waals surface area contributed by atoms with Crippen molar-refractivity contribution in [3.63, 3.8) is 0 Å². The second-order valence-corrected chi connectivity index (χ2v) is 5.82. The Morgan fingerprint density at radius 2 is 1.95 bits per heavy atom. The van der Waals surface area contributed by atoms with Gasteiger partial charge < -0.3 is 10.2 Å². The summed E-state index contributed by atoms with van der Waals surface area (Å²) < 4.78 is 0. The molecule has 2 aromatic rings. The van der Waals surface area contributed by atoms with Crippen molar-refractivity contribution in [3.05, 3.63) is 40.8 Å². The van der Waals surface area contributed by atoms with Crippen LogP contribution < -0.4 is 10.2 Å². The zero-order valence-corrected chi connectivity index (χ0v) is 11.8. The Labute approximate surface area is 118 Å². The normalized spacial score (nSPS) is 14.8. The van der Waals surface area contributed by atoms with Crippen molar-refractivity contribution in [2.24, 2.45) is 0 Å². The van der Waals surface area contributed by atoms with E-state index in [0.29, 0.717) is 0 Å². The average molecular weight is 273 g/mol. The van der Waals surface area contributed by atoms with Gasteiger partial charge in [-0.3, -0.25) is 0 Å². The predicted octanol–water partition coefficient (Wildman–Crippen LogP) is 3.40. The number of nitrogens with one attached hydrogen (secondary N) is 1. The Kier molecular flexibility index (Phi) is 3.98. The van der Waals surface area contributed by atoms with Gasteiger partial charge in [-0.15, -0.1) is 11.3 Å². The first-order valence-corrected chi connectivity index (χ1v) is 7.77. The molecule has 0 unspecified atom stereocenters. The predicted molar refractivity (Wildman–Crippen MR) is 82.2 cm³/mol. The molecule has 0 aliphatic carbocycles. The number of aromatic nitrogens is 1. The van der Waals surface area contributed by atoms with Crippen LogP contribution in [0.1, 0.15) is 17.8 Å². The molecule has 3 nitrogen and oxygen atoms in total. The van der Waals surface area contributed by atoms with Gasteiger partial charge in [0.15, 0.2) is 0 Å². The molecule has 100 valence electrons. The maximum Gasteiger partial charge on any atom is 0.0942 e. The zero-order valence-electron chi connectivity index (χ0n) is 11.0. The number of hydrogen-bond donors (Lipinski definition) is 1. The summed E-state index contributed by atoms with van der Waals surface area (Å²) in [6.07, 6.45) is 5.51. The molecule has 0 amide bonds. The quantitative estimate of drug-likeness (QED) is 0.905. The Morgan fingerprint density at radius 3 is 2.63 bits per heavy atom. The minimum atomic E-state index is 0.941. The molecule has 1 N–H and O–H groups in total. The van der Waals surface area contributed by atoms with Gasteiger partial charge in [0.05, 0.1) is 5.01 Å². The van der Waals surface area contributed by atoms with E-state index in [1.54, 1.807) is 11.3 Å². The molecule has 3 rings (SSSR count). The van der Waals surface area contributed by atoms with Crippen molar-refractivity contribution in [3.8, 4) is 0 Å². The summed E-state index contributed by atoms with van der Waals surface area (Å²) >= 11 is 1.72. The largest absolute Gasteiger partial charge is 0.385 e. The second kappa shape index (κ2) is 6.06. The number of rotatable bonds is 5. The maximum absolute atomic E-state index is 4.29. The molecule has 4 heteroatoms. The lowest BCUT2D eigenvalue weighted by atomic mass is 10.2. The third kappa shape index (κ3) is 3.26. The van der Waals surface area contributed by atoms with Crippen molar-refractivity contribution in [2.45, 2.75) is 19.3 Å². The average Bonchev–Trinajstić information content (AvgIpc) is 3.13. The number of nitrogens with zero attached hydrogens (tertiary/aromatic N) is 2. The van der Waals surface area contributed by atoms with Crippen LogP contribution in [-0.4, -0.2) is 24.6 Å². The summed E-state index contributed by atoms with van der Waals surface area (Å²) in [6, 6.07) is 8.79. The lowest BCUT2D eigenvalue weighted by Gasteiger charge is -2.17. The van der Waals surface area contributed by atoms with E-state index in [4.69, 9.17) is 0 Å². The number of thiazole rings is 1. The van der Waals surface area contributed by atoms with E-state index >= 15 is 0 Å². The smallest absolute Gasteiger partial charge is 0.0942 e. The fourth-order valence-electron chi connectivity index (χ4n) is 2.46. The topological polar surface area (TPSA) is 28.2 Å². The van der Waals surface area contributed by atoms with Gasteiger partial charge in [0.25, 0.3) is 0 Å². The maximum atomic E-state index is 4.29. The molecule has 19 heavy (non-hydrogen) atoms. The van der Waals surface area contributed by atoms with Crippen molar-refractivity contribution >= 4 is 22.7 Å². The molecular weight excluding hydrogens is 254 g/mol. The van der Waals surface area contributed by atoms with Gasteiger partial charge in [0.2, 0.25) is 0 Å². The highest BCUT2D eigenvalue weighted by molar-refractivity contribution is 7.09. The third-order valence-corrected chi connectivity index (χ3v) is 4.33. The molecule has 0 radical (unpaired) electrons. The Balaban J connectivity index is 1.51. The first-order valence-electron chi connectivity index (χ1n) is 6.89. The first kappa shape index (κ1) is 12.5. The SMILES string of the molecule is c1csc(CCNc2ccc(N3CCCC3)cc2)n1. The fourth-order valence-corrected chi connectivity index (χ4v) is 3.08. The monoisotopic (exact) mass is 273 g/mol. The molecule has 0 bridgehead atoms. The number of hydrogen-bond acceptors (Lipinski definition) is 4. The Hall–Kier alpha value is -1.55. The number of anilines is 2. The van der Waals surface area contributed by atoms with E-state index in [9.17, 15) is 0 Å². The molecule has 0 saturated carbocycles. The van der Waals surface area contributed by atoms with E-state index in [1.807, 2.05) is 11.6 Å². The summed E-state index contributed by atoms with van der Waals surface area (Å²) in [4.78, 5) is 6.74. The van der Waals surface area contributed by atoms with Gasteiger partial charge in [-0.25, -0.2) is 4.98 Å². The van der Waals surface area contributed by atoms with Crippen molar-refractivity contribution in [1.29, 1.82) is 0 Å². The Morgan fingerprint density at radius 1 is 1.16 bits per heavy atom. The van der Waals surface area contributed by atoms with Crippen LogP contribution in [0.25, 0.3) is 0 Å². The standard InChI is InChI=1S/C15H19N3S/c1-2-11-18(10-1)14-5-3-13(4-6-14)16-8-7-15-17-9-12-19-15/h3-6,9,12,16H,1-2,7-8,10-11H2. The highest BCUT2D eigenvalue weighted by Crippen LogP contribution is 2.22. The van der Waals surface area contributed by atoms with Gasteiger partial charge in [-0.2, -0.15) is 0 Å². The summed E-state index contributed by atoms with van der Waals surface area (Å²) in [6.45, 7) is 3.35. The summed E-state index contributed by atoms with van der Waals surface area (Å²) in [7, 11) is 0. The molecule has 1 aliphatic rings. The summed E-state index contributed by atoms with van der Waals surface area (Å²) in [5.41, 5.74) is 2.54. The molecule has 1 fully saturated rings. The highest BCUT2D eigenvalue weighted by Gasteiger charge is 2.11. The summed E-state index contributed by atoms with van der Waals surface area (Å²) in [5, 5.41) is 6.67. The highest BCUT2D eigenvalue weighted by atomic mass is 32.1. The van der Waals surface area contributed by atoms with Gasteiger partial charge in [-0.05, 0) is 37.1 Å². The lowest BCUT2D eigenvalue weighted by Crippen LogP contribution is -2.17. The molecule has 0 spiro atoms. The molecule has 1 aromatic carbocycles. The van der Waals surface area contributed by atoms with Gasteiger partial charge in [0, 0.05) is 49.0 Å². The van der Waals surface area contributed by atoms with Crippen LogP contribution in [-0.2, 0) is 6.42 Å². The van der Waals surface area contributed by atoms with Crippen LogP contribution in [0.5, 0.6) is 0 Å². The fraction of sp³-hybridized carbons (Fsp3) is 0.400. The Bertz CT molecular complexity index is 487. The first-order chi connectivity index (χ1) is 9.42. The number of benzene rings is 1. The molecule has 1 saturated heterocycles. The van der Waals surface area contributed by atoms with Crippen LogP contribution >= 0.6 is 11.3 Å². The molecule has 2 heterocycles. The molecular formula is C15H19N3S. The van der Waals surface area contributed by atoms with Crippen LogP contribution in [0.2, 0.25) is 0 Å². The zero-order chi connectivity index (χ0) is 12.9. The van der Waals surface area contributed by atoms with Crippen LogP contribution in [0, 0.1) is 0 Å². The van der Waals surface area contributed by atoms with Crippen molar-refractivity contribution < 1.29 is 0 Å². The van der Waals surface area contributed by atoms with Crippen molar-refractivity contribution in [2.75, 3.05) is 29.9 Å². The van der Waals surface area contributed by atoms with E-state index in [0.717, 1.165) is 13.0 Å². The third-order valence-electron chi connectivity index (χ3n) is 3.49. The molecule has 0 atom stereocenters. The molecule has 1 aromatic heterocycles. The minimum Gasteiger partial charge on any atom is -0.385 e. The minimum absolute atomic E-state index is 0.941. The van der Waals surface area contributed by atoms with Crippen LogP contribution in [0.4, 0.5) is 11.4 Å². The van der Waals surface area contributed by atoms with Gasteiger partial charge >= 0.3 is 0 Å². The summed E-state index contributed by atoms with van der Waals surface area (Å²) in [5.74, 6) is 0.